The van der Waals surface area contributed by atoms with Crippen molar-refractivity contribution in [2.24, 2.45) is 11.8 Å². The fourth-order valence-corrected chi connectivity index (χ4v) is 4.85. The van der Waals surface area contributed by atoms with Gasteiger partial charge in [-0.3, -0.25) is 0 Å². The Morgan fingerprint density at radius 1 is 0.794 bits per heavy atom. The molecule has 2 saturated carbocycles. The second-order valence-corrected chi connectivity index (χ2v) is 12.2. The quantitative estimate of drug-likeness (QED) is 0.368. The van der Waals surface area contributed by atoms with Gasteiger partial charge in [-0.2, -0.15) is 0 Å². The van der Waals surface area contributed by atoms with Crippen LogP contribution >= 0.6 is 0 Å². The molecular weight excluding hydrogens is 430 g/mol. The van der Waals surface area contributed by atoms with Gasteiger partial charge in [0.15, 0.2) is 23.1 Å². The van der Waals surface area contributed by atoms with Crippen LogP contribution in [0.4, 0.5) is 8.78 Å². The van der Waals surface area contributed by atoms with Gasteiger partial charge in [0.25, 0.3) is 0 Å². The van der Waals surface area contributed by atoms with E-state index in [1.165, 1.54) is 6.07 Å². The molecule has 4 heteroatoms. The molecule has 0 saturated heterocycles. The summed E-state index contributed by atoms with van der Waals surface area (Å²) in [5, 5.41) is 0. The number of hydrogen-bond acceptors (Lipinski definition) is 2. The SMILES string of the molecule is C[C@H](Oc1cc(C(C)(C)C)c(CC(C)(C)c2ccc(F)c(O[C@H](C)C3CC3)c2)cc1F)C1CC1. The Balaban J connectivity index is 1.61. The number of hydrogen-bond donors (Lipinski definition) is 0. The van der Waals surface area contributed by atoms with Crippen LogP contribution in [0.2, 0.25) is 0 Å². The molecule has 2 aromatic carbocycles. The summed E-state index contributed by atoms with van der Waals surface area (Å²) in [6.45, 7) is 14.7. The number of ether oxygens (including phenoxy) is 2. The van der Waals surface area contributed by atoms with Gasteiger partial charge in [0, 0.05) is 0 Å². The van der Waals surface area contributed by atoms with Crippen molar-refractivity contribution in [1.29, 1.82) is 0 Å². The smallest absolute Gasteiger partial charge is 0.165 e. The van der Waals surface area contributed by atoms with E-state index in [4.69, 9.17) is 9.47 Å². The predicted molar refractivity (Wildman–Crippen MR) is 134 cm³/mol. The van der Waals surface area contributed by atoms with Gasteiger partial charge in [0.05, 0.1) is 12.2 Å². The summed E-state index contributed by atoms with van der Waals surface area (Å²) in [6.07, 6.45) is 5.27. The van der Waals surface area contributed by atoms with Crippen LogP contribution < -0.4 is 9.47 Å². The van der Waals surface area contributed by atoms with E-state index in [1.54, 1.807) is 6.07 Å². The van der Waals surface area contributed by atoms with Gasteiger partial charge in [-0.25, -0.2) is 8.78 Å². The second kappa shape index (κ2) is 9.17. The summed E-state index contributed by atoms with van der Waals surface area (Å²) < 4.78 is 41.7. The number of halogens is 2. The molecule has 0 aromatic heterocycles. The summed E-state index contributed by atoms with van der Waals surface area (Å²) in [4.78, 5) is 0. The van der Waals surface area contributed by atoms with Crippen LogP contribution in [0, 0.1) is 23.5 Å². The van der Waals surface area contributed by atoms with Crippen LogP contribution in [0.5, 0.6) is 11.5 Å². The first-order valence-corrected chi connectivity index (χ1v) is 12.8. The Kier molecular flexibility index (Phi) is 6.74. The first-order valence-electron chi connectivity index (χ1n) is 12.8. The van der Waals surface area contributed by atoms with Crippen molar-refractivity contribution in [2.45, 2.75) is 104 Å². The molecule has 0 radical (unpaired) electrons. The van der Waals surface area contributed by atoms with Crippen molar-refractivity contribution in [3.8, 4) is 11.5 Å². The fraction of sp³-hybridized carbons (Fsp3) is 0.600. The molecule has 0 amide bonds. The highest BCUT2D eigenvalue weighted by atomic mass is 19.1. The van der Waals surface area contributed by atoms with E-state index in [1.807, 2.05) is 32.0 Å². The fourth-order valence-electron chi connectivity index (χ4n) is 4.85. The lowest BCUT2D eigenvalue weighted by Gasteiger charge is -2.31. The first-order chi connectivity index (χ1) is 15.8. The molecule has 34 heavy (non-hydrogen) atoms. The van der Waals surface area contributed by atoms with Crippen LogP contribution in [-0.2, 0) is 17.3 Å². The van der Waals surface area contributed by atoms with Gasteiger partial charge < -0.3 is 9.47 Å². The molecular formula is C30H40F2O2. The highest BCUT2D eigenvalue weighted by Crippen LogP contribution is 2.40. The Bertz CT molecular complexity index is 1030. The van der Waals surface area contributed by atoms with E-state index in [9.17, 15) is 4.39 Å². The summed E-state index contributed by atoms with van der Waals surface area (Å²) in [5.74, 6) is 1.07. The molecule has 2 atom stereocenters. The molecule has 0 heterocycles. The maximum atomic E-state index is 15.2. The highest BCUT2D eigenvalue weighted by Gasteiger charge is 2.33. The van der Waals surface area contributed by atoms with Crippen molar-refractivity contribution >= 4 is 0 Å². The standard InChI is InChI=1S/C30H40F2O2/c1-18(20-8-9-20)33-27-15-23(12-13-25(27)31)30(6,7)17-22-14-26(32)28(16-24(22)29(3,4)5)34-19(2)21-10-11-21/h12-16,18-21H,8-11,17H2,1-7H3/t18-,19+/m1/s1. The zero-order valence-corrected chi connectivity index (χ0v) is 21.8. The van der Waals surface area contributed by atoms with Crippen molar-refractivity contribution in [1.82, 2.24) is 0 Å². The largest absolute Gasteiger partial charge is 0.487 e. The van der Waals surface area contributed by atoms with E-state index >= 15 is 4.39 Å². The Morgan fingerprint density at radius 2 is 1.32 bits per heavy atom. The van der Waals surface area contributed by atoms with Crippen molar-refractivity contribution in [2.75, 3.05) is 0 Å². The number of benzene rings is 2. The van der Waals surface area contributed by atoms with Gasteiger partial charge in [0.2, 0.25) is 0 Å². The summed E-state index contributed by atoms with van der Waals surface area (Å²) in [5.41, 5.74) is 2.51. The second-order valence-electron chi connectivity index (χ2n) is 12.2. The van der Waals surface area contributed by atoms with Crippen LogP contribution in [0.15, 0.2) is 30.3 Å². The van der Waals surface area contributed by atoms with Crippen molar-refractivity contribution < 1.29 is 18.3 Å². The minimum absolute atomic E-state index is 0.0139. The van der Waals surface area contributed by atoms with Gasteiger partial charge in [-0.15, -0.1) is 0 Å². The topological polar surface area (TPSA) is 18.5 Å². The number of rotatable bonds is 9. The third kappa shape index (κ3) is 5.75. The maximum Gasteiger partial charge on any atom is 0.165 e. The van der Waals surface area contributed by atoms with Crippen LogP contribution in [-0.4, -0.2) is 12.2 Å². The third-order valence-corrected chi connectivity index (χ3v) is 7.51. The molecule has 2 nitrogen and oxygen atoms in total. The molecule has 4 rings (SSSR count). The molecule has 0 N–H and O–H groups in total. The van der Waals surface area contributed by atoms with Crippen LogP contribution in [0.1, 0.15) is 90.8 Å². The monoisotopic (exact) mass is 470 g/mol. The van der Waals surface area contributed by atoms with Crippen molar-refractivity contribution in [3.05, 3.63) is 58.7 Å². The Hall–Kier alpha value is -2.10. The molecule has 2 fully saturated rings. The molecule has 0 aliphatic heterocycles. The third-order valence-electron chi connectivity index (χ3n) is 7.51. The summed E-state index contributed by atoms with van der Waals surface area (Å²) >= 11 is 0. The molecule has 0 spiro atoms. The van der Waals surface area contributed by atoms with Gasteiger partial charge >= 0.3 is 0 Å². The van der Waals surface area contributed by atoms with Crippen LogP contribution in [0.25, 0.3) is 0 Å². The minimum atomic E-state index is -0.343. The zero-order chi connectivity index (χ0) is 24.8. The lowest BCUT2D eigenvalue weighted by atomic mass is 9.74. The minimum Gasteiger partial charge on any atom is -0.487 e. The normalized spacial score (nSPS) is 18.5. The maximum absolute atomic E-state index is 15.2. The highest BCUT2D eigenvalue weighted by molar-refractivity contribution is 5.44. The van der Waals surface area contributed by atoms with Crippen LogP contribution in [0.3, 0.4) is 0 Å². The van der Waals surface area contributed by atoms with E-state index in [0.717, 1.165) is 42.4 Å². The predicted octanol–water partition coefficient (Wildman–Crippen LogP) is 8.14. The van der Waals surface area contributed by atoms with E-state index < -0.39 is 0 Å². The Morgan fingerprint density at radius 3 is 1.82 bits per heavy atom. The first kappa shape index (κ1) is 25.0. The van der Waals surface area contributed by atoms with E-state index in [-0.39, 0.29) is 34.7 Å². The summed E-state index contributed by atoms with van der Waals surface area (Å²) in [7, 11) is 0. The molecule has 0 unspecified atom stereocenters. The van der Waals surface area contributed by atoms with Gasteiger partial charge in [0.1, 0.15) is 0 Å². The van der Waals surface area contributed by atoms with Gasteiger partial charge in [-0.1, -0.05) is 40.7 Å². The molecule has 2 aromatic rings. The van der Waals surface area contributed by atoms with E-state index in [2.05, 4.69) is 34.6 Å². The van der Waals surface area contributed by atoms with Crippen molar-refractivity contribution in [3.63, 3.8) is 0 Å². The molecule has 0 bridgehead atoms. The lowest BCUT2D eigenvalue weighted by Crippen LogP contribution is -2.25. The average Bonchev–Trinajstić information content (AvgIpc) is 3.62. The summed E-state index contributed by atoms with van der Waals surface area (Å²) in [6, 6.07) is 8.69. The Labute approximate surface area is 204 Å². The average molecular weight is 471 g/mol. The molecule has 2 aliphatic rings. The van der Waals surface area contributed by atoms with E-state index in [0.29, 0.717) is 29.8 Å². The molecule has 2 aliphatic carbocycles. The zero-order valence-electron chi connectivity index (χ0n) is 21.8. The lowest BCUT2D eigenvalue weighted by molar-refractivity contribution is 0.189. The van der Waals surface area contributed by atoms with Gasteiger partial charge in [-0.05, 0) is 110 Å². The molecule has 186 valence electrons.